The maximum absolute atomic E-state index is 11.8. The van der Waals surface area contributed by atoms with Crippen LogP contribution in [-0.2, 0) is 24.3 Å². The Morgan fingerprint density at radius 3 is 2.37 bits per heavy atom. The molecule has 0 saturated carbocycles. The Kier molecular flexibility index (Phi) is 5.74. The molecule has 0 radical (unpaired) electrons. The monoisotopic (exact) mass is 293 g/mol. The van der Waals surface area contributed by atoms with Gasteiger partial charge in [0.25, 0.3) is 0 Å². The topological polar surface area (TPSA) is 101 Å². The Morgan fingerprint density at radius 2 is 1.89 bits per heavy atom. The van der Waals surface area contributed by atoms with Gasteiger partial charge in [0.15, 0.2) is 0 Å². The highest BCUT2D eigenvalue weighted by Crippen LogP contribution is 2.21. The Balaban J connectivity index is 2.49. The standard InChI is InChI=1S/C11H19NO6S/c1-2-18-11(15)9-3-6-12(7-4-9)19(16,17)8-5-10(13)14/h9H,2-8H2,1H3,(H,13,14). The van der Waals surface area contributed by atoms with E-state index in [1.165, 1.54) is 4.31 Å². The van der Waals surface area contributed by atoms with E-state index >= 15 is 0 Å². The number of nitrogens with zero attached hydrogens (tertiary/aromatic N) is 1. The number of sulfonamides is 1. The van der Waals surface area contributed by atoms with Crippen LogP contribution in [0.3, 0.4) is 0 Å². The highest BCUT2D eigenvalue weighted by Gasteiger charge is 2.31. The molecule has 0 unspecified atom stereocenters. The summed E-state index contributed by atoms with van der Waals surface area (Å²) in [5.41, 5.74) is 0. The van der Waals surface area contributed by atoms with Crippen molar-refractivity contribution in [3.05, 3.63) is 0 Å². The van der Waals surface area contributed by atoms with E-state index in [9.17, 15) is 18.0 Å². The smallest absolute Gasteiger partial charge is 0.309 e. The van der Waals surface area contributed by atoms with E-state index in [0.29, 0.717) is 19.4 Å². The van der Waals surface area contributed by atoms with Gasteiger partial charge in [0.2, 0.25) is 10.0 Å². The number of piperidine rings is 1. The van der Waals surface area contributed by atoms with Gasteiger partial charge in [0.05, 0.1) is 24.7 Å². The molecule has 110 valence electrons. The lowest BCUT2D eigenvalue weighted by molar-refractivity contribution is -0.149. The zero-order chi connectivity index (χ0) is 14.5. The van der Waals surface area contributed by atoms with Gasteiger partial charge in [0, 0.05) is 13.1 Å². The van der Waals surface area contributed by atoms with E-state index in [0.717, 1.165) is 0 Å². The first-order valence-electron chi connectivity index (χ1n) is 6.23. The number of aliphatic carboxylic acids is 1. The van der Waals surface area contributed by atoms with E-state index in [1.54, 1.807) is 6.92 Å². The van der Waals surface area contributed by atoms with Crippen LogP contribution in [-0.4, -0.2) is 55.2 Å². The molecule has 8 heteroatoms. The van der Waals surface area contributed by atoms with Crippen molar-refractivity contribution in [1.82, 2.24) is 4.31 Å². The minimum absolute atomic E-state index is 0.242. The SMILES string of the molecule is CCOC(=O)C1CCN(S(=O)(=O)CCC(=O)O)CC1. The molecule has 1 N–H and O–H groups in total. The normalized spacial score (nSPS) is 18.2. The average molecular weight is 293 g/mol. The average Bonchev–Trinajstić information content (AvgIpc) is 2.37. The van der Waals surface area contributed by atoms with Gasteiger partial charge in [0.1, 0.15) is 0 Å². The summed E-state index contributed by atoms with van der Waals surface area (Å²) in [6.45, 7) is 2.52. The molecule has 0 aromatic heterocycles. The second-order valence-electron chi connectivity index (χ2n) is 4.39. The molecule has 0 aliphatic carbocycles. The first-order chi connectivity index (χ1) is 8.86. The number of carboxylic acid groups (broad SMARTS) is 1. The van der Waals surface area contributed by atoms with Crippen molar-refractivity contribution in [2.75, 3.05) is 25.4 Å². The molecule has 0 atom stereocenters. The van der Waals surface area contributed by atoms with Crippen molar-refractivity contribution < 1.29 is 27.9 Å². The lowest BCUT2D eigenvalue weighted by Crippen LogP contribution is -2.41. The molecule has 0 spiro atoms. The minimum atomic E-state index is -3.54. The van der Waals surface area contributed by atoms with E-state index < -0.39 is 28.2 Å². The quantitative estimate of drug-likeness (QED) is 0.695. The van der Waals surface area contributed by atoms with Crippen LogP contribution in [0.15, 0.2) is 0 Å². The first-order valence-corrected chi connectivity index (χ1v) is 7.84. The van der Waals surface area contributed by atoms with Gasteiger partial charge in [-0.05, 0) is 19.8 Å². The van der Waals surface area contributed by atoms with Gasteiger partial charge in [-0.3, -0.25) is 9.59 Å². The van der Waals surface area contributed by atoms with Crippen molar-refractivity contribution in [3.63, 3.8) is 0 Å². The predicted octanol–water partition coefficient (Wildman–Crippen LogP) is 0.0660. The molecular weight excluding hydrogens is 274 g/mol. The van der Waals surface area contributed by atoms with Crippen LogP contribution in [0.1, 0.15) is 26.2 Å². The molecule has 1 aliphatic rings. The number of hydrogen-bond acceptors (Lipinski definition) is 5. The summed E-state index contributed by atoms with van der Waals surface area (Å²) >= 11 is 0. The predicted molar refractivity (Wildman–Crippen MR) is 67.0 cm³/mol. The molecule has 7 nitrogen and oxygen atoms in total. The molecule has 1 aliphatic heterocycles. The van der Waals surface area contributed by atoms with Crippen molar-refractivity contribution in [1.29, 1.82) is 0 Å². The van der Waals surface area contributed by atoms with Crippen LogP contribution in [0.2, 0.25) is 0 Å². The number of carboxylic acids is 1. The third-order valence-corrected chi connectivity index (χ3v) is 4.91. The molecule has 0 aromatic rings. The van der Waals surface area contributed by atoms with Crippen LogP contribution in [0, 0.1) is 5.92 Å². The number of carbonyl (C=O) groups is 2. The maximum atomic E-state index is 11.8. The Bertz CT molecular complexity index is 424. The Hall–Kier alpha value is -1.15. The molecule has 1 rings (SSSR count). The molecule has 19 heavy (non-hydrogen) atoms. The van der Waals surface area contributed by atoms with Gasteiger partial charge in [-0.1, -0.05) is 0 Å². The van der Waals surface area contributed by atoms with E-state index in [1.807, 2.05) is 0 Å². The van der Waals surface area contributed by atoms with E-state index in [4.69, 9.17) is 9.84 Å². The molecule has 0 amide bonds. The summed E-state index contributed by atoms with van der Waals surface area (Å²) in [4.78, 5) is 21.9. The van der Waals surface area contributed by atoms with Crippen molar-refractivity contribution in [2.45, 2.75) is 26.2 Å². The fourth-order valence-electron chi connectivity index (χ4n) is 1.98. The first kappa shape index (κ1) is 15.9. The number of ether oxygens (including phenoxy) is 1. The summed E-state index contributed by atoms with van der Waals surface area (Å²) in [5, 5.41) is 8.50. The van der Waals surface area contributed by atoms with Gasteiger partial charge in [-0.25, -0.2) is 12.7 Å². The number of hydrogen-bond donors (Lipinski definition) is 1. The van der Waals surface area contributed by atoms with E-state index in [-0.39, 0.29) is 25.0 Å². The van der Waals surface area contributed by atoms with Gasteiger partial charge in [-0.15, -0.1) is 0 Å². The van der Waals surface area contributed by atoms with Crippen molar-refractivity contribution >= 4 is 22.0 Å². The number of esters is 1. The minimum Gasteiger partial charge on any atom is -0.481 e. The third-order valence-electron chi connectivity index (χ3n) is 3.04. The molecule has 1 saturated heterocycles. The van der Waals surface area contributed by atoms with Crippen LogP contribution >= 0.6 is 0 Å². The molecule has 0 aromatic carbocycles. The molecular formula is C11H19NO6S. The highest BCUT2D eigenvalue weighted by atomic mass is 32.2. The van der Waals surface area contributed by atoms with Crippen LogP contribution in [0.25, 0.3) is 0 Å². The maximum Gasteiger partial charge on any atom is 0.309 e. The van der Waals surface area contributed by atoms with Gasteiger partial charge >= 0.3 is 11.9 Å². The molecule has 0 bridgehead atoms. The zero-order valence-corrected chi connectivity index (χ0v) is 11.7. The lowest BCUT2D eigenvalue weighted by atomic mass is 9.98. The van der Waals surface area contributed by atoms with Crippen LogP contribution < -0.4 is 0 Å². The Labute approximate surface area is 112 Å². The Morgan fingerprint density at radius 1 is 1.32 bits per heavy atom. The van der Waals surface area contributed by atoms with Crippen LogP contribution in [0.5, 0.6) is 0 Å². The summed E-state index contributed by atoms with van der Waals surface area (Å²) in [7, 11) is -3.54. The summed E-state index contributed by atoms with van der Waals surface area (Å²) < 4.78 is 29.8. The van der Waals surface area contributed by atoms with E-state index in [2.05, 4.69) is 0 Å². The third kappa shape index (κ3) is 4.79. The second-order valence-corrected chi connectivity index (χ2v) is 6.47. The molecule has 1 fully saturated rings. The van der Waals surface area contributed by atoms with Crippen molar-refractivity contribution in [2.24, 2.45) is 5.92 Å². The fraction of sp³-hybridized carbons (Fsp3) is 0.818. The van der Waals surface area contributed by atoms with Crippen molar-refractivity contribution in [3.8, 4) is 0 Å². The highest BCUT2D eigenvalue weighted by molar-refractivity contribution is 7.89. The number of rotatable bonds is 6. The van der Waals surface area contributed by atoms with Gasteiger partial charge in [-0.2, -0.15) is 0 Å². The fourth-order valence-corrected chi connectivity index (χ4v) is 3.43. The zero-order valence-electron chi connectivity index (χ0n) is 10.9. The summed E-state index contributed by atoms with van der Waals surface area (Å²) in [6.07, 6.45) is 0.441. The second kappa shape index (κ2) is 6.85. The number of carbonyl (C=O) groups excluding carboxylic acids is 1. The van der Waals surface area contributed by atoms with Crippen LogP contribution in [0.4, 0.5) is 0 Å². The lowest BCUT2D eigenvalue weighted by Gasteiger charge is -2.29. The largest absolute Gasteiger partial charge is 0.481 e. The van der Waals surface area contributed by atoms with Gasteiger partial charge < -0.3 is 9.84 Å². The molecule has 1 heterocycles. The summed E-state index contributed by atoms with van der Waals surface area (Å²) in [6, 6.07) is 0. The summed E-state index contributed by atoms with van der Waals surface area (Å²) in [5.74, 6) is -2.08.